The zero-order valence-corrected chi connectivity index (χ0v) is 18.8. The van der Waals surface area contributed by atoms with Crippen molar-refractivity contribution < 1.29 is 0 Å². The van der Waals surface area contributed by atoms with Crippen LogP contribution in [0.15, 0.2) is 48.5 Å². The molecule has 0 N–H and O–H groups in total. The lowest BCUT2D eigenvalue weighted by molar-refractivity contribution is 0.181. The van der Waals surface area contributed by atoms with Crippen LogP contribution in [0.5, 0.6) is 0 Å². The molecule has 0 heteroatoms. The Kier molecular flexibility index (Phi) is 4.76. The Balaban J connectivity index is 1.80. The molecule has 0 heterocycles. The summed E-state index contributed by atoms with van der Waals surface area (Å²) in [5.74, 6) is 1.28. The number of rotatable bonds is 5. The summed E-state index contributed by atoms with van der Waals surface area (Å²) in [5, 5.41) is 0. The van der Waals surface area contributed by atoms with Gasteiger partial charge in [0.1, 0.15) is 0 Å². The van der Waals surface area contributed by atoms with Gasteiger partial charge in [-0.1, -0.05) is 90.1 Å². The van der Waals surface area contributed by atoms with Crippen LogP contribution in [0.25, 0.3) is 0 Å². The highest BCUT2D eigenvalue weighted by atomic mass is 14.6. The first-order chi connectivity index (χ1) is 13.3. The maximum absolute atomic E-state index is 2.57. The summed E-state index contributed by atoms with van der Waals surface area (Å²) >= 11 is 0. The Labute approximate surface area is 172 Å². The smallest absolute Gasteiger partial charge is 0.00434 e. The third-order valence-corrected chi connectivity index (χ3v) is 9.07. The molecule has 0 amide bonds. The topological polar surface area (TPSA) is 0 Å². The lowest BCUT2D eigenvalue weighted by Gasteiger charge is -2.41. The van der Waals surface area contributed by atoms with E-state index in [0.29, 0.717) is 22.7 Å². The fourth-order valence-corrected chi connectivity index (χ4v) is 6.74. The van der Waals surface area contributed by atoms with Gasteiger partial charge in [0.15, 0.2) is 0 Å². The third kappa shape index (κ3) is 2.63. The fourth-order valence-electron chi connectivity index (χ4n) is 6.74. The molecule has 0 nitrogen and oxygen atoms in total. The van der Waals surface area contributed by atoms with Gasteiger partial charge in [0.2, 0.25) is 0 Å². The van der Waals surface area contributed by atoms with Crippen molar-refractivity contribution in [1.29, 1.82) is 0 Å². The lowest BCUT2D eigenvalue weighted by Crippen LogP contribution is -2.30. The van der Waals surface area contributed by atoms with Gasteiger partial charge in [0, 0.05) is 0 Å². The zero-order chi connectivity index (χ0) is 20.2. The molecule has 28 heavy (non-hydrogen) atoms. The molecule has 0 fully saturated rings. The summed E-state index contributed by atoms with van der Waals surface area (Å²) in [6.45, 7) is 14.8. The van der Waals surface area contributed by atoms with Gasteiger partial charge in [-0.15, -0.1) is 0 Å². The van der Waals surface area contributed by atoms with Gasteiger partial charge in [-0.2, -0.15) is 0 Å². The van der Waals surface area contributed by atoms with E-state index in [1.165, 1.54) is 32.1 Å². The van der Waals surface area contributed by atoms with E-state index in [1.807, 2.05) is 0 Å². The molecule has 0 spiro atoms. The monoisotopic (exact) mass is 374 g/mol. The third-order valence-electron chi connectivity index (χ3n) is 9.07. The van der Waals surface area contributed by atoms with Crippen molar-refractivity contribution in [3.8, 4) is 0 Å². The van der Waals surface area contributed by atoms with Gasteiger partial charge in [0.05, 0.1) is 0 Å². The molecular formula is C28H38. The van der Waals surface area contributed by atoms with Crippen LogP contribution in [-0.2, 0) is 10.8 Å². The van der Waals surface area contributed by atoms with Crippen molar-refractivity contribution >= 4 is 0 Å². The SMILES string of the molecule is CCC1(C)CC(C(C)(C)C2CC(CC)(CC)c3ccccc32)c2ccccc21. The van der Waals surface area contributed by atoms with Gasteiger partial charge in [-0.3, -0.25) is 0 Å². The summed E-state index contributed by atoms with van der Waals surface area (Å²) in [4.78, 5) is 0. The van der Waals surface area contributed by atoms with E-state index in [1.54, 1.807) is 22.3 Å². The van der Waals surface area contributed by atoms with E-state index in [2.05, 4.69) is 90.1 Å². The normalized spacial score (nSPS) is 28.2. The molecule has 2 aliphatic carbocycles. The first-order valence-corrected chi connectivity index (χ1v) is 11.5. The fraction of sp³-hybridized carbons (Fsp3) is 0.571. The van der Waals surface area contributed by atoms with Crippen molar-refractivity contribution in [2.24, 2.45) is 5.41 Å². The molecule has 0 radical (unpaired) electrons. The van der Waals surface area contributed by atoms with Crippen molar-refractivity contribution in [2.75, 3.05) is 0 Å². The zero-order valence-electron chi connectivity index (χ0n) is 18.8. The van der Waals surface area contributed by atoms with E-state index in [9.17, 15) is 0 Å². The average Bonchev–Trinajstić information content (AvgIpc) is 3.23. The highest BCUT2D eigenvalue weighted by Crippen LogP contribution is 2.63. The first-order valence-electron chi connectivity index (χ1n) is 11.5. The van der Waals surface area contributed by atoms with Gasteiger partial charge in [-0.05, 0) is 82.4 Å². The standard InChI is InChI=1S/C28H38/c1-7-27(6)18-24(20-14-10-12-16-22(20)27)26(4,5)25-19-28(8-2,9-3)23-17-13-11-15-21(23)25/h10-17,24-25H,7-9,18-19H2,1-6H3. The van der Waals surface area contributed by atoms with Crippen LogP contribution in [-0.4, -0.2) is 0 Å². The lowest BCUT2D eigenvalue weighted by atomic mass is 9.63. The predicted octanol–water partition coefficient (Wildman–Crippen LogP) is 8.11. The Morgan fingerprint density at radius 3 is 1.82 bits per heavy atom. The molecule has 4 rings (SSSR count). The second-order valence-corrected chi connectivity index (χ2v) is 10.4. The van der Waals surface area contributed by atoms with E-state index in [0.717, 1.165) is 0 Å². The van der Waals surface area contributed by atoms with Crippen molar-refractivity contribution in [3.63, 3.8) is 0 Å². The molecule has 3 atom stereocenters. The van der Waals surface area contributed by atoms with Crippen LogP contribution in [0, 0.1) is 5.41 Å². The molecule has 0 saturated carbocycles. The van der Waals surface area contributed by atoms with Crippen molar-refractivity contribution in [3.05, 3.63) is 70.8 Å². The summed E-state index contributed by atoms with van der Waals surface area (Å²) in [6.07, 6.45) is 6.33. The Morgan fingerprint density at radius 1 is 0.750 bits per heavy atom. The predicted molar refractivity (Wildman–Crippen MR) is 121 cm³/mol. The van der Waals surface area contributed by atoms with Crippen LogP contribution < -0.4 is 0 Å². The second-order valence-electron chi connectivity index (χ2n) is 10.4. The highest BCUT2D eigenvalue weighted by molar-refractivity contribution is 5.48. The molecule has 0 bridgehead atoms. The number of fused-ring (bicyclic) bond motifs is 2. The van der Waals surface area contributed by atoms with Crippen LogP contribution in [0.2, 0.25) is 0 Å². The van der Waals surface area contributed by atoms with Crippen LogP contribution in [0.3, 0.4) is 0 Å². The Morgan fingerprint density at radius 2 is 1.25 bits per heavy atom. The molecule has 3 unspecified atom stereocenters. The van der Waals surface area contributed by atoms with Gasteiger partial charge in [-0.25, -0.2) is 0 Å². The molecule has 0 aromatic heterocycles. The van der Waals surface area contributed by atoms with Crippen molar-refractivity contribution in [1.82, 2.24) is 0 Å². The number of benzene rings is 2. The van der Waals surface area contributed by atoms with Gasteiger partial charge >= 0.3 is 0 Å². The van der Waals surface area contributed by atoms with Crippen LogP contribution >= 0.6 is 0 Å². The maximum Gasteiger partial charge on any atom is -0.00434 e. The molecule has 2 aromatic rings. The molecule has 150 valence electrons. The first kappa shape index (κ1) is 19.7. The van der Waals surface area contributed by atoms with Crippen LogP contribution in [0.4, 0.5) is 0 Å². The van der Waals surface area contributed by atoms with E-state index >= 15 is 0 Å². The number of hydrogen-bond acceptors (Lipinski definition) is 0. The molecule has 2 aromatic carbocycles. The minimum absolute atomic E-state index is 0.255. The summed E-state index contributed by atoms with van der Waals surface area (Å²) in [7, 11) is 0. The average molecular weight is 375 g/mol. The van der Waals surface area contributed by atoms with Crippen molar-refractivity contribution in [2.45, 2.75) is 96.3 Å². The summed E-state index contributed by atoms with van der Waals surface area (Å²) in [6, 6.07) is 18.7. The Bertz CT molecular complexity index is 854. The largest absolute Gasteiger partial charge is 0.0645 e. The Hall–Kier alpha value is -1.56. The molecule has 2 aliphatic rings. The van der Waals surface area contributed by atoms with E-state index < -0.39 is 0 Å². The van der Waals surface area contributed by atoms with Gasteiger partial charge in [0.25, 0.3) is 0 Å². The van der Waals surface area contributed by atoms with Crippen LogP contribution in [0.1, 0.15) is 108 Å². The molecule has 0 saturated heterocycles. The van der Waals surface area contributed by atoms with Gasteiger partial charge < -0.3 is 0 Å². The van der Waals surface area contributed by atoms with E-state index in [-0.39, 0.29) is 5.41 Å². The quantitative estimate of drug-likeness (QED) is 0.496. The highest BCUT2D eigenvalue weighted by Gasteiger charge is 2.52. The minimum atomic E-state index is 0.255. The minimum Gasteiger partial charge on any atom is -0.0645 e. The maximum atomic E-state index is 2.57. The summed E-state index contributed by atoms with van der Waals surface area (Å²) < 4.78 is 0. The number of hydrogen-bond donors (Lipinski definition) is 0. The van der Waals surface area contributed by atoms with E-state index in [4.69, 9.17) is 0 Å². The second kappa shape index (κ2) is 6.75. The molecule has 0 aliphatic heterocycles. The molecular weight excluding hydrogens is 336 g/mol. The summed E-state index contributed by atoms with van der Waals surface area (Å²) in [5.41, 5.74) is 7.46.